The van der Waals surface area contributed by atoms with Crippen LogP contribution in [0.2, 0.25) is 5.02 Å². The van der Waals surface area contributed by atoms with E-state index in [9.17, 15) is 19.1 Å². The first-order valence-corrected chi connectivity index (χ1v) is 8.11. The number of hydrogen-bond donors (Lipinski definition) is 2. The number of aliphatic carboxylic acids is 1. The van der Waals surface area contributed by atoms with Crippen LogP contribution in [0.25, 0.3) is 0 Å². The molecular weight excluding hydrogens is 321 g/mol. The van der Waals surface area contributed by atoms with Crippen molar-refractivity contribution in [2.45, 2.75) is 45.6 Å². The predicted octanol–water partition coefficient (Wildman–Crippen LogP) is 3.94. The van der Waals surface area contributed by atoms with Crippen LogP contribution in [-0.2, 0) is 9.59 Å². The van der Waals surface area contributed by atoms with Crippen molar-refractivity contribution in [3.05, 3.63) is 34.6 Å². The van der Waals surface area contributed by atoms with Gasteiger partial charge in [0.15, 0.2) is 0 Å². The van der Waals surface area contributed by atoms with Crippen molar-refractivity contribution in [3.63, 3.8) is 0 Å². The van der Waals surface area contributed by atoms with Crippen LogP contribution in [0.5, 0.6) is 0 Å². The summed E-state index contributed by atoms with van der Waals surface area (Å²) in [6.45, 7) is 3.74. The maximum absolute atomic E-state index is 14.1. The molecular formula is C17H21ClFNO3. The highest BCUT2D eigenvalue weighted by atomic mass is 35.5. The molecule has 0 heterocycles. The van der Waals surface area contributed by atoms with Crippen LogP contribution in [-0.4, -0.2) is 17.0 Å². The zero-order chi connectivity index (χ0) is 17.2. The summed E-state index contributed by atoms with van der Waals surface area (Å²) in [4.78, 5) is 23.7. The Labute approximate surface area is 140 Å². The van der Waals surface area contributed by atoms with Crippen molar-refractivity contribution in [1.29, 1.82) is 0 Å². The Bertz CT molecular complexity index is 614. The smallest absolute Gasteiger partial charge is 0.310 e. The zero-order valence-corrected chi connectivity index (χ0v) is 14.0. The lowest BCUT2D eigenvalue weighted by Gasteiger charge is -2.37. The molecule has 0 aliphatic heterocycles. The molecule has 1 aromatic rings. The van der Waals surface area contributed by atoms with Gasteiger partial charge in [0.05, 0.1) is 11.5 Å². The van der Waals surface area contributed by atoms with Crippen LogP contribution in [0.1, 0.15) is 51.1 Å². The van der Waals surface area contributed by atoms with Gasteiger partial charge in [-0.15, -0.1) is 0 Å². The molecule has 1 fully saturated rings. The van der Waals surface area contributed by atoms with E-state index in [0.29, 0.717) is 23.4 Å². The number of benzene rings is 1. The lowest BCUT2D eigenvalue weighted by Crippen LogP contribution is -2.43. The lowest BCUT2D eigenvalue weighted by atomic mass is 9.66. The van der Waals surface area contributed by atoms with E-state index in [4.69, 9.17) is 11.6 Å². The Hall–Kier alpha value is -1.62. The van der Waals surface area contributed by atoms with Crippen molar-refractivity contribution in [2.24, 2.45) is 11.3 Å². The number of halogens is 2. The van der Waals surface area contributed by atoms with E-state index in [1.54, 1.807) is 12.1 Å². The van der Waals surface area contributed by atoms with E-state index in [0.717, 1.165) is 6.42 Å². The number of carbonyl (C=O) groups excluding carboxylic acids is 1. The third-order valence-corrected chi connectivity index (χ3v) is 4.78. The van der Waals surface area contributed by atoms with E-state index in [1.807, 2.05) is 13.8 Å². The molecule has 0 saturated heterocycles. The molecule has 1 amide bonds. The van der Waals surface area contributed by atoms with Gasteiger partial charge in [0.25, 0.3) is 0 Å². The summed E-state index contributed by atoms with van der Waals surface area (Å²) >= 11 is 5.76. The molecule has 1 atom stereocenters. The highest BCUT2D eigenvalue weighted by Gasteiger charge is 2.46. The fourth-order valence-electron chi connectivity index (χ4n) is 2.96. The van der Waals surface area contributed by atoms with Crippen LogP contribution < -0.4 is 5.32 Å². The molecule has 2 rings (SSSR count). The highest BCUT2D eigenvalue weighted by molar-refractivity contribution is 6.30. The van der Waals surface area contributed by atoms with Crippen LogP contribution >= 0.6 is 11.6 Å². The molecule has 4 nitrogen and oxygen atoms in total. The minimum absolute atomic E-state index is 0.0446. The van der Waals surface area contributed by atoms with Crippen molar-refractivity contribution >= 4 is 23.5 Å². The molecule has 1 aliphatic carbocycles. The molecule has 0 spiro atoms. The zero-order valence-electron chi connectivity index (χ0n) is 13.2. The number of carboxylic acids is 1. The van der Waals surface area contributed by atoms with Crippen LogP contribution in [0.3, 0.4) is 0 Å². The first-order chi connectivity index (χ1) is 10.7. The van der Waals surface area contributed by atoms with Crippen molar-refractivity contribution in [2.75, 3.05) is 0 Å². The van der Waals surface area contributed by atoms with Crippen molar-refractivity contribution < 1.29 is 19.1 Å². The monoisotopic (exact) mass is 341 g/mol. The van der Waals surface area contributed by atoms with Gasteiger partial charge in [0.2, 0.25) is 5.91 Å². The van der Waals surface area contributed by atoms with Gasteiger partial charge in [-0.2, -0.15) is 0 Å². The standard InChI is InChI=1S/C17H21ClFNO3/c1-10(2)15(12-5-4-11(18)8-13(12)19)20-14(21)9-17(16(22)23)6-3-7-17/h4-5,8,10,15H,3,6-7,9H2,1-2H3,(H,20,21)(H,22,23). The Kier molecular flexibility index (Phi) is 5.30. The average molecular weight is 342 g/mol. The molecule has 0 bridgehead atoms. The number of rotatable bonds is 6. The summed E-state index contributed by atoms with van der Waals surface area (Å²) in [5.41, 5.74) is -0.597. The first kappa shape index (κ1) is 17.7. The van der Waals surface area contributed by atoms with Gasteiger partial charge in [-0.3, -0.25) is 9.59 Å². The first-order valence-electron chi connectivity index (χ1n) is 7.73. The Morgan fingerprint density at radius 3 is 2.48 bits per heavy atom. The number of carbonyl (C=O) groups is 2. The average Bonchev–Trinajstić information content (AvgIpc) is 2.40. The Morgan fingerprint density at radius 2 is 2.04 bits per heavy atom. The quantitative estimate of drug-likeness (QED) is 0.823. The van der Waals surface area contributed by atoms with E-state index >= 15 is 0 Å². The van der Waals surface area contributed by atoms with Gasteiger partial charge in [0, 0.05) is 17.0 Å². The fraction of sp³-hybridized carbons (Fsp3) is 0.529. The number of carboxylic acid groups (broad SMARTS) is 1. The van der Waals surface area contributed by atoms with Gasteiger partial charge < -0.3 is 10.4 Å². The molecule has 1 saturated carbocycles. The summed E-state index contributed by atoms with van der Waals surface area (Å²) in [7, 11) is 0. The highest BCUT2D eigenvalue weighted by Crippen LogP contribution is 2.44. The number of amides is 1. The second-order valence-electron chi connectivity index (χ2n) is 6.57. The molecule has 126 valence electrons. The maximum atomic E-state index is 14.1. The number of nitrogens with one attached hydrogen (secondary N) is 1. The second-order valence-corrected chi connectivity index (χ2v) is 7.01. The minimum atomic E-state index is -0.954. The van der Waals surface area contributed by atoms with Crippen molar-refractivity contribution in [1.82, 2.24) is 5.32 Å². The van der Waals surface area contributed by atoms with Crippen LogP contribution in [0, 0.1) is 17.2 Å². The van der Waals surface area contributed by atoms with Gasteiger partial charge in [-0.25, -0.2) is 4.39 Å². The van der Waals surface area contributed by atoms with Crippen molar-refractivity contribution in [3.8, 4) is 0 Å². The van der Waals surface area contributed by atoms with E-state index in [-0.39, 0.29) is 18.2 Å². The number of hydrogen-bond acceptors (Lipinski definition) is 2. The Morgan fingerprint density at radius 1 is 1.39 bits per heavy atom. The molecule has 2 N–H and O–H groups in total. The van der Waals surface area contributed by atoms with Gasteiger partial charge in [-0.1, -0.05) is 37.9 Å². The van der Waals surface area contributed by atoms with Crippen LogP contribution in [0.15, 0.2) is 18.2 Å². The molecule has 0 radical (unpaired) electrons. The molecule has 0 aromatic heterocycles. The summed E-state index contributed by atoms with van der Waals surface area (Å²) in [6.07, 6.45) is 1.77. The summed E-state index contributed by atoms with van der Waals surface area (Å²) < 4.78 is 14.1. The molecule has 23 heavy (non-hydrogen) atoms. The third-order valence-electron chi connectivity index (χ3n) is 4.54. The molecule has 1 aliphatic rings. The SMILES string of the molecule is CC(C)C(NC(=O)CC1(C(=O)O)CCC1)c1ccc(Cl)cc1F. The van der Waals surface area contributed by atoms with E-state index < -0.39 is 23.2 Å². The minimum Gasteiger partial charge on any atom is -0.481 e. The van der Waals surface area contributed by atoms with Gasteiger partial charge in [-0.05, 0) is 30.9 Å². The lowest BCUT2D eigenvalue weighted by molar-refractivity contribution is -0.157. The largest absolute Gasteiger partial charge is 0.481 e. The maximum Gasteiger partial charge on any atom is 0.310 e. The van der Waals surface area contributed by atoms with E-state index in [2.05, 4.69) is 5.32 Å². The summed E-state index contributed by atoms with van der Waals surface area (Å²) in [5.74, 6) is -1.82. The predicted molar refractivity (Wildman–Crippen MR) is 85.7 cm³/mol. The Balaban J connectivity index is 2.13. The normalized spacial score (nSPS) is 17.4. The summed E-state index contributed by atoms with van der Waals surface area (Å²) in [6, 6.07) is 3.82. The van der Waals surface area contributed by atoms with Gasteiger partial charge in [0.1, 0.15) is 5.82 Å². The summed E-state index contributed by atoms with van der Waals surface area (Å²) in [5, 5.41) is 12.4. The third kappa shape index (κ3) is 3.83. The van der Waals surface area contributed by atoms with Crippen LogP contribution in [0.4, 0.5) is 4.39 Å². The van der Waals surface area contributed by atoms with E-state index in [1.165, 1.54) is 6.07 Å². The second kappa shape index (κ2) is 6.87. The molecule has 1 unspecified atom stereocenters. The fourth-order valence-corrected chi connectivity index (χ4v) is 3.12. The molecule has 6 heteroatoms. The topological polar surface area (TPSA) is 66.4 Å². The van der Waals surface area contributed by atoms with Gasteiger partial charge >= 0.3 is 5.97 Å². The molecule has 1 aromatic carbocycles.